The van der Waals surface area contributed by atoms with Crippen molar-refractivity contribution in [2.45, 2.75) is 20.0 Å². The molecule has 0 saturated carbocycles. The Morgan fingerprint density at radius 3 is 2.56 bits per heavy atom. The number of halogens is 1. The Balaban J connectivity index is 2.54. The lowest BCUT2D eigenvalue weighted by Gasteiger charge is -2.01. The number of aromatic nitrogens is 3. The minimum Gasteiger partial charge on any atom is -0.391 e. The average molecular weight is 238 g/mol. The number of hydrogen-bond donors (Lipinski definition) is 1. The molecule has 0 atom stereocenters. The van der Waals surface area contributed by atoms with Crippen molar-refractivity contribution in [3.05, 3.63) is 40.9 Å². The molecule has 2 heterocycles. The molecule has 0 unspecified atom stereocenters. The molecule has 0 aliphatic carbocycles. The molecule has 2 aromatic heterocycles. The zero-order valence-corrected chi connectivity index (χ0v) is 9.65. The molecule has 16 heavy (non-hydrogen) atoms. The second-order valence-corrected chi connectivity index (χ2v) is 3.70. The quantitative estimate of drug-likeness (QED) is 0.888. The van der Waals surface area contributed by atoms with E-state index in [0.29, 0.717) is 10.7 Å². The third kappa shape index (κ3) is 1.81. The number of rotatable bonds is 3. The fourth-order valence-corrected chi connectivity index (χ4v) is 1.87. The molecule has 84 valence electrons. The number of aliphatic hydroxyl groups is 1. The van der Waals surface area contributed by atoms with Crippen LogP contribution in [0.25, 0.3) is 5.69 Å². The molecule has 0 aromatic carbocycles. The van der Waals surface area contributed by atoms with Gasteiger partial charge in [-0.3, -0.25) is 4.98 Å². The summed E-state index contributed by atoms with van der Waals surface area (Å²) in [7, 11) is 0. The lowest BCUT2D eigenvalue weighted by atomic mass is 10.2. The van der Waals surface area contributed by atoms with Gasteiger partial charge in [0.2, 0.25) is 0 Å². The van der Waals surface area contributed by atoms with Gasteiger partial charge in [-0.1, -0.05) is 18.5 Å². The fraction of sp³-hybridized carbons (Fsp3) is 0.273. The first-order chi connectivity index (χ1) is 7.77. The van der Waals surface area contributed by atoms with Crippen LogP contribution >= 0.6 is 11.6 Å². The summed E-state index contributed by atoms with van der Waals surface area (Å²) in [6.45, 7) is 1.89. The monoisotopic (exact) mass is 237 g/mol. The van der Waals surface area contributed by atoms with E-state index in [4.69, 9.17) is 11.6 Å². The molecule has 0 aliphatic rings. The molecular weight excluding hydrogens is 226 g/mol. The van der Waals surface area contributed by atoms with E-state index in [2.05, 4.69) is 10.1 Å². The molecular formula is C11H12ClN3O. The van der Waals surface area contributed by atoms with Gasteiger partial charge in [-0.15, -0.1) is 0 Å². The minimum absolute atomic E-state index is 0.0902. The summed E-state index contributed by atoms with van der Waals surface area (Å²) < 4.78 is 1.62. The van der Waals surface area contributed by atoms with Crippen molar-refractivity contribution in [2.24, 2.45) is 0 Å². The maximum atomic E-state index is 9.24. The van der Waals surface area contributed by atoms with Crippen LogP contribution in [0.2, 0.25) is 5.15 Å². The highest BCUT2D eigenvalue weighted by molar-refractivity contribution is 6.30. The third-order valence-corrected chi connectivity index (χ3v) is 2.79. The summed E-state index contributed by atoms with van der Waals surface area (Å²) in [5.41, 5.74) is 2.36. The van der Waals surface area contributed by atoms with Gasteiger partial charge in [0.05, 0.1) is 18.0 Å². The van der Waals surface area contributed by atoms with Crippen LogP contribution in [0.4, 0.5) is 0 Å². The number of aryl methyl sites for hydroxylation is 1. The smallest absolute Gasteiger partial charge is 0.138 e. The van der Waals surface area contributed by atoms with Crippen LogP contribution in [0.15, 0.2) is 24.5 Å². The van der Waals surface area contributed by atoms with Crippen molar-refractivity contribution in [1.29, 1.82) is 0 Å². The predicted octanol–water partition coefficient (Wildman–Crippen LogP) is 1.98. The third-order valence-electron chi connectivity index (χ3n) is 2.40. The van der Waals surface area contributed by atoms with E-state index in [1.807, 2.05) is 19.1 Å². The van der Waals surface area contributed by atoms with Gasteiger partial charge in [-0.05, 0) is 18.6 Å². The van der Waals surface area contributed by atoms with Crippen LogP contribution in [0.3, 0.4) is 0 Å². The first-order valence-electron chi connectivity index (χ1n) is 5.05. The average Bonchev–Trinajstić information content (AvgIpc) is 2.66. The zero-order valence-electron chi connectivity index (χ0n) is 8.89. The largest absolute Gasteiger partial charge is 0.391 e. The highest BCUT2D eigenvalue weighted by Crippen LogP contribution is 2.23. The molecule has 0 aliphatic heterocycles. The Morgan fingerprint density at radius 1 is 1.38 bits per heavy atom. The molecule has 0 radical (unpaired) electrons. The molecule has 4 nitrogen and oxygen atoms in total. The van der Waals surface area contributed by atoms with Crippen molar-refractivity contribution >= 4 is 11.6 Å². The Kier molecular flexibility index (Phi) is 3.22. The van der Waals surface area contributed by atoms with Gasteiger partial charge in [0, 0.05) is 18.0 Å². The van der Waals surface area contributed by atoms with E-state index < -0.39 is 0 Å². The Labute approximate surface area is 98.5 Å². The highest BCUT2D eigenvalue weighted by Gasteiger charge is 2.14. The Hall–Kier alpha value is -1.39. The Bertz CT molecular complexity index is 481. The highest BCUT2D eigenvalue weighted by atomic mass is 35.5. The van der Waals surface area contributed by atoms with Gasteiger partial charge in [-0.2, -0.15) is 5.10 Å². The molecule has 2 aromatic rings. The molecule has 1 N–H and O–H groups in total. The zero-order chi connectivity index (χ0) is 11.5. The maximum absolute atomic E-state index is 9.24. The molecule has 0 amide bonds. The summed E-state index contributed by atoms with van der Waals surface area (Å²) in [6, 6.07) is 3.64. The van der Waals surface area contributed by atoms with E-state index in [1.165, 1.54) is 0 Å². The maximum Gasteiger partial charge on any atom is 0.138 e. The second kappa shape index (κ2) is 4.63. The fourth-order valence-electron chi connectivity index (χ4n) is 1.57. The van der Waals surface area contributed by atoms with Crippen LogP contribution in [0.5, 0.6) is 0 Å². The van der Waals surface area contributed by atoms with Gasteiger partial charge in [0.15, 0.2) is 0 Å². The summed E-state index contributed by atoms with van der Waals surface area (Å²) in [6.07, 6.45) is 4.10. The van der Waals surface area contributed by atoms with Gasteiger partial charge in [0.25, 0.3) is 0 Å². The molecule has 2 rings (SSSR count). The number of hydrogen-bond acceptors (Lipinski definition) is 3. The van der Waals surface area contributed by atoms with Crippen LogP contribution in [0.1, 0.15) is 18.2 Å². The van der Waals surface area contributed by atoms with E-state index >= 15 is 0 Å². The van der Waals surface area contributed by atoms with Gasteiger partial charge < -0.3 is 5.11 Å². The second-order valence-electron chi connectivity index (χ2n) is 3.34. The molecule has 0 fully saturated rings. The van der Waals surface area contributed by atoms with E-state index in [1.54, 1.807) is 17.1 Å². The van der Waals surface area contributed by atoms with Crippen molar-refractivity contribution in [3.8, 4) is 5.69 Å². The molecule has 0 bridgehead atoms. The summed E-state index contributed by atoms with van der Waals surface area (Å²) in [5.74, 6) is 0. The van der Waals surface area contributed by atoms with Crippen molar-refractivity contribution in [2.75, 3.05) is 0 Å². The van der Waals surface area contributed by atoms with Crippen LogP contribution in [-0.2, 0) is 13.0 Å². The van der Waals surface area contributed by atoms with Crippen LogP contribution in [-0.4, -0.2) is 19.9 Å². The number of aliphatic hydroxyl groups excluding tert-OH is 1. The number of nitrogens with zero attached hydrogens (tertiary/aromatic N) is 3. The Morgan fingerprint density at radius 2 is 2.06 bits per heavy atom. The van der Waals surface area contributed by atoms with Crippen LogP contribution < -0.4 is 0 Å². The van der Waals surface area contributed by atoms with Crippen LogP contribution in [0, 0.1) is 0 Å². The van der Waals surface area contributed by atoms with Gasteiger partial charge in [0.1, 0.15) is 5.15 Å². The topological polar surface area (TPSA) is 50.9 Å². The lowest BCUT2D eigenvalue weighted by molar-refractivity contribution is 0.281. The molecule has 0 spiro atoms. The van der Waals surface area contributed by atoms with E-state index in [-0.39, 0.29) is 6.61 Å². The normalized spacial score (nSPS) is 10.7. The minimum atomic E-state index is -0.0902. The van der Waals surface area contributed by atoms with Gasteiger partial charge in [-0.25, -0.2) is 4.68 Å². The summed E-state index contributed by atoms with van der Waals surface area (Å²) in [4.78, 5) is 3.94. The molecule has 5 heteroatoms. The number of pyridine rings is 1. The van der Waals surface area contributed by atoms with E-state index in [0.717, 1.165) is 17.8 Å². The van der Waals surface area contributed by atoms with Crippen molar-refractivity contribution in [1.82, 2.24) is 14.8 Å². The molecule has 0 saturated heterocycles. The van der Waals surface area contributed by atoms with Crippen molar-refractivity contribution < 1.29 is 5.11 Å². The first kappa shape index (κ1) is 11.1. The lowest BCUT2D eigenvalue weighted by Crippen LogP contribution is -1.97. The predicted molar refractivity (Wildman–Crippen MR) is 61.7 cm³/mol. The summed E-state index contributed by atoms with van der Waals surface area (Å²) in [5, 5.41) is 14.1. The summed E-state index contributed by atoms with van der Waals surface area (Å²) >= 11 is 6.16. The van der Waals surface area contributed by atoms with Gasteiger partial charge >= 0.3 is 0 Å². The first-order valence-corrected chi connectivity index (χ1v) is 5.43. The standard InChI is InChI=1S/C11H12ClN3O/c1-2-10-9(7-16)11(12)15(14-10)8-3-5-13-6-4-8/h3-6,16H,2,7H2,1H3. The SMILES string of the molecule is CCc1nn(-c2ccncc2)c(Cl)c1CO. The van der Waals surface area contributed by atoms with E-state index in [9.17, 15) is 5.11 Å². The van der Waals surface area contributed by atoms with Crippen molar-refractivity contribution in [3.63, 3.8) is 0 Å².